The van der Waals surface area contributed by atoms with Gasteiger partial charge in [0.2, 0.25) is 0 Å². The standard InChI is InChI=1S/C15H12ClNO/c1-11-2-7-15(14(16)10-11)18-13-5-3-12(4-6-13)8-9-17/h2-7,10H,8H2,1H3. The van der Waals surface area contributed by atoms with Crippen molar-refractivity contribution in [1.82, 2.24) is 0 Å². The van der Waals surface area contributed by atoms with E-state index in [0.29, 0.717) is 22.9 Å². The maximum Gasteiger partial charge on any atom is 0.146 e. The Balaban J connectivity index is 2.16. The molecule has 0 saturated carbocycles. The van der Waals surface area contributed by atoms with Gasteiger partial charge in [0.05, 0.1) is 17.5 Å². The smallest absolute Gasteiger partial charge is 0.146 e. The molecule has 90 valence electrons. The molecule has 0 unspecified atom stereocenters. The van der Waals surface area contributed by atoms with Crippen LogP contribution in [0.5, 0.6) is 11.5 Å². The molecule has 0 aromatic heterocycles. The first kappa shape index (κ1) is 12.5. The van der Waals surface area contributed by atoms with Crippen LogP contribution < -0.4 is 4.74 Å². The highest BCUT2D eigenvalue weighted by molar-refractivity contribution is 6.32. The van der Waals surface area contributed by atoms with Gasteiger partial charge in [-0.05, 0) is 42.3 Å². The van der Waals surface area contributed by atoms with Crippen LogP contribution in [0.4, 0.5) is 0 Å². The summed E-state index contributed by atoms with van der Waals surface area (Å²) in [5.41, 5.74) is 2.07. The summed E-state index contributed by atoms with van der Waals surface area (Å²) in [6.45, 7) is 1.98. The van der Waals surface area contributed by atoms with E-state index in [1.807, 2.05) is 49.4 Å². The summed E-state index contributed by atoms with van der Waals surface area (Å²) < 4.78 is 5.68. The largest absolute Gasteiger partial charge is 0.456 e. The molecule has 3 heteroatoms. The molecule has 0 N–H and O–H groups in total. The van der Waals surface area contributed by atoms with Crippen molar-refractivity contribution >= 4 is 11.6 Å². The molecule has 0 aliphatic carbocycles. The zero-order chi connectivity index (χ0) is 13.0. The van der Waals surface area contributed by atoms with Gasteiger partial charge in [-0.15, -0.1) is 0 Å². The minimum atomic E-state index is 0.408. The van der Waals surface area contributed by atoms with E-state index in [-0.39, 0.29) is 0 Å². The van der Waals surface area contributed by atoms with Crippen LogP contribution >= 0.6 is 11.6 Å². The Kier molecular flexibility index (Phi) is 3.86. The number of nitriles is 1. The molecule has 18 heavy (non-hydrogen) atoms. The lowest BCUT2D eigenvalue weighted by Gasteiger charge is -2.08. The lowest BCUT2D eigenvalue weighted by Crippen LogP contribution is -1.87. The normalized spacial score (nSPS) is 9.83. The molecule has 0 radical (unpaired) electrons. The minimum absolute atomic E-state index is 0.408. The molecule has 2 aromatic rings. The zero-order valence-electron chi connectivity index (χ0n) is 9.98. The third kappa shape index (κ3) is 3.03. The van der Waals surface area contributed by atoms with Crippen LogP contribution in [0.25, 0.3) is 0 Å². The van der Waals surface area contributed by atoms with E-state index in [4.69, 9.17) is 21.6 Å². The fraction of sp³-hybridized carbons (Fsp3) is 0.133. The average molecular weight is 258 g/mol. The fourth-order valence-corrected chi connectivity index (χ4v) is 1.86. The van der Waals surface area contributed by atoms with E-state index in [1.165, 1.54) is 0 Å². The van der Waals surface area contributed by atoms with Gasteiger partial charge in [-0.25, -0.2) is 0 Å². The summed E-state index contributed by atoms with van der Waals surface area (Å²) in [6, 6.07) is 15.2. The number of aryl methyl sites for hydroxylation is 1. The van der Waals surface area contributed by atoms with E-state index in [2.05, 4.69) is 6.07 Å². The van der Waals surface area contributed by atoms with E-state index < -0.39 is 0 Å². The summed E-state index contributed by atoms with van der Waals surface area (Å²) in [5, 5.41) is 9.18. The molecule has 0 bridgehead atoms. The first-order chi connectivity index (χ1) is 8.69. The highest BCUT2D eigenvalue weighted by Gasteiger charge is 2.03. The highest BCUT2D eigenvalue weighted by atomic mass is 35.5. The molecule has 0 aliphatic rings. The van der Waals surface area contributed by atoms with Gasteiger partial charge in [-0.2, -0.15) is 5.26 Å². The van der Waals surface area contributed by atoms with Gasteiger partial charge in [0.25, 0.3) is 0 Å². The third-order valence-corrected chi connectivity index (χ3v) is 2.82. The van der Waals surface area contributed by atoms with Gasteiger partial charge in [0.15, 0.2) is 0 Å². The Hall–Kier alpha value is -1.98. The Bertz CT molecular complexity index is 584. The average Bonchev–Trinajstić information content (AvgIpc) is 2.35. The topological polar surface area (TPSA) is 33.0 Å². The fourth-order valence-electron chi connectivity index (χ4n) is 1.58. The SMILES string of the molecule is Cc1ccc(Oc2ccc(CC#N)cc2)c(Cl)c1. The molecule has 2 nitrogen and oxygen atoms in total. The number of nitrogens with zero attached hydrogens (tertiary/aromatic N) is 1. The number of benzene rings is 2. The monoisotopic (exact) mass is 257 g/mol. The second-order valence-electron chi connectivity index (χ2n) is 4.01. The Labute approximate surface area is 111 Å². The van der Waals surface area contributed by atoms with Gasteiger partial charge in [0.1, 0.15) is 11.5 Å². The summed E-state index contributed by atoms with van der Waals surface area (Å²) >= 11 is 6.09. The molecular formula is C15H12ClNO. The van der Waals surface area contributed by atoms with Gasteiger partial charge in [-0.3, -0.25) is 0 Å². The minimum Gasteiger partial charge on any atom is -0.456 e. The third-order valence-electron chi connectivity index (χ3n) is 2.52. The van der Waals surface area contributed by atoms with Crippen molar-refractivity contribution in [3.63, 3.8) is 0 Å². The molecule has 2 rings (SSSR count). The van der Waals surface area contributed by atoms with Gasteiger partial charge in [-0.1, -0.05) is 29.8 Å². The maximum atomic E-state index is 8.59. The number of halogens is 1. The molecule has 0 heterocycles. The Morgan fingerprint density at radius 1 is 1.17 bits per heavy atom. The van der Waals surface area contributed by atoms with E-state index in [0.717, 1.165) is 11.1 Å². The summed E-state index contributed by atoms with van der Waals surface area (Å²) in [6.07, 6.45) is 0.408. The van der Waals surface area contributed by atoms with Crippen molar-refractivity contribution in [3.8, 4) is 17.6 Å². The van der Waals surface area contributed by atoms with E-state index in [1.54, 1.807) is 0 Å². The molecule has 0 saturated heterocycles. The number of rotatable bonds is 3. The molecule has 0 aliphatic heterocycles. The maximum absolute atomic E-state index is 8.59. The Morgan fingerprint density at radius 2 is 1.89 bits per heavy atom. The van der Waals surface area contributed by atoms with Crippen molar-refractivity contribution in [2.75, 3.05) is 0 Å². The molecule has 0 fully saturated rings. The van der Waals surface area contributed by atoms with Crippen LogP contribution in [0.1, 0.15) is 11.1 Å². The quantitative estimate of drug-likeness (QED) is 0.811. The molecule has 0 atom stereocenters. The number of hydrogen-bond donors (Lipinski definition) is 0. The molecular weight excluding hydrogens is 246 g/mol. The first-order valence-electron chi connectivity index (χ1n) is 5.59. The summed E-state index contributed by atoms with van der Waals surface area (Å²) in [5.74, 6) is 1.35. The number of ether oxygens (including phenoxy) is 1. The van der Waals surface area contributed by atoms with Gasteiger partial charge in [0, 0.05) is 0 Å². The lowest BCUT2D eigenvalue weighted by atomic mass is 10.2. The zero-order valence-corrected chi connectivity index (χ0v) is 10.7. The van der Waals surface area contributed by atoms with Crippen molar-refractivity contribution in [2.45, 2.75) is 13.3 Å². The predicted octanol–water partition coefficient (Wildman–Crippen LogP) is 4.51. The van der Waals surface area contributed by atoms with Crippen LogP contribution in [-0.2, 0) is 6.42 Å². The first-order valence-corrected chi connectivity index (χ1v) is 5.97. The van der Waals surface area contributed by atoms with Crippen LogP contribution in [-0.4, -0.2) is 0 Å². The Morgan fingerprint density at radius 3 is 2.50 bits per heavy atom. The van der Waals surface area contributed by atoms with Crippen molar-refractivity contribution in [2.24, 2.45) is 0 Å². The second-order valence-corrected chi connectivity index (χ2v) is 4.42. The van der Waals surface area contributed by atoms with E-state index in [9.17, 15) is 0 Å². The van der Waals surface area contributed by atoms with Crippen LogP contribution in [0.15, 0.2) is 42.5 Å². The van der Waals surface area contributed by atoms with Gasteiger partial charge >= 0.3 is 0 Å². The lowest BCUT2D eigenvalue weighted by molar-refractivity contribution is 0.482. The van der Waals surface area contributed by atoms with Crippen LogP contribution in [0, 0.1) is 18.3 Å². The van der Waals surface area contributed by atoms with Crippen LogP contribution in [0.2, 0.25) is 5.02 Å². The van der Waals surface area contributed by atoms with Gasteiger partial charge < -0.3 is 4.74 Å². The van der Waals surface area contributed by atoms with Crippen molar-refractivity contribution in [3.05, 3.63) is 58.6 Å². The molecule has 0 amide bonds. The van der Waals surface area contributed by atoms with Crippen molar-refractivity contribution in [1.29, 1.82) is 5.26 Å². The molecule has 0 spiro atoms. The number of hydrogen-bond acceptors (Lipinski definition) is 2. The molecule has 2 aromatic carbocycles. The predicted molar refractivity (Wildman–Crippen MR) is 72.0 cm³/mol. The van der Waals surface area contributed by atoms with Crippen LogP contribution in [0.3, 0.4) is 0 Å². The summed E-state index contributed by atoms with van der Waals surface area (Å²) in [7, 11) is 0. The summed E-state index contributed by atoms with van der Waals surface area (Å²) in [4.78, 5) is 0. The second kappa shape index (κ2) is 5.57. The van der Waals surface area contributed by atoms with Crippen molar-refractivity contribution < 1.29 is 4.74 Å². The van der Waals surface area contributed by atoms with E-state index >= 15 is 0 Å². The highest BCUT2D eigenvalue weighted by Crippen LogP contribution is 2.30.